The van der Waals surface area contributed by atoms with Gasteiger partial charge in [0, 0.05) is 19.2 Å². The summed E-state index contributed by atoms with van der Waals surface area (Å²) >= 11 is 6.25. The SMILES string of the molecule is CC1(C)CCCN(c2cnn(-c3ccc(F)cc3F)c(=O)c2Cl)C1. The van der Waals surface area contributed by atoms with Crippen molar-refractivity contribution < 1.29 is 8.78 Å². The van der Waals surface area contributed by atoms with Crippen LogP contribution in [-0.2, 0) is 0 Å². The Labute approximate surface area is 143 Å². The summed E-state index contributed by atoms with van der Waals surface area (Å²) in [6.45, 7) is 5.88. The molecule has 0 spiro atoms. The van der Waals surface area contributed by atoms with E-state index >= 15 is 0 Å². The van der Waals surface area contributed by atoms with E-state index in [0.29, 0.717) is 11.8 Å². The molecule has 4 nitrogen and oxygen atoms in total. The topological polar surface area (TPSA) is 38.1 Å². The van der Waals surface area contributed by atoms with Crippen molar-refractivity contribution in [3.63, 3.8) is 0 Å². The van der Waals surface area contributed by atoms with Crippen molar-refractivity contribution in [2.45, 2.75) is 26.7 Å². The zero-order chi connectivity index (χ0) is 17.5. The largest absolute Gasteiger partial charge is 0.368 e. The van der Waals surface area contributed by atoms with Crippen molar-refractivity contribution in [3.8, 4) is 5.69 Å². The normalized spacial score (nSPS) is 17.1. The van der Waals surface area contributed by atoms with Crippen LogP contribution < -0.4 is 10.5 Å². The van der Waals surface area contributed by atoms with Crippen molar-refractivity contribution in [1.29, 1.82) is 0 Å². The van der Waals surface area contributed by atoms with Crippen LogP contribution >= 0.6 is 11.6 Å². The standard InChI is InChI=1S/C17H18ClF2N3O/c1-17(2)6-3-7-22(10-17)14-9-21-23(16(24)15(14)18)13-5-4-11(19)8-12(13)20/h4-5,8-9H,3,6-7,10H2,1-2H3. The van der Waals surface area contributed by atoms with E-state index in [0.717, 1.165) is 36.7 Å². The van der Waals surface area contributed by atoms with Gasteiger partial charge in [-0.05, 0) is 30.4 Å². The van der Waals surface area contributed by atoms with Gasteiger partial charge in [-0.25, -0.2) is 8.78 Å². The average Bonchev–Trinajstić information content (AvgIpc) is 2.50. The molecule has 128 valence electrons. The molecule has 0 aliphatic carbocycles. The van der Waals surface area contributed by atoms with Crippen molar-refractivity contribution >= 4 is 17.3 Å². The maximum atomic E-state index is 13.9. The molecule has 1 aliphatic heterocycles. The van der Waals surface area contributed by atoms with E-state index in [-0.39, 0.29) is 16.1 Å². The molecule has 1 aromatic heterocycles. The Kier molecular flexibility index (Phi) is 4.34. The van der Waals surface area contributed by atoms with Crippen LogP contribution in [0.5, 0.6) is 0 Å². The van der Waals surface area contributed by atoms with Crippen LogP contribution in [0.1, 0.15) is 26.7 Å². The number of benzene rings is 1. The van der Waals surface area contributed by atoms with Gasteiger partial charge >= 0.3 is 0 Å². The lowest BCUT2D eigenvalue weighted by Gasteiger charge is -2.39. The maximum Gasteiger partial charge on any atom is 0.292 e. The monoisotopic (exact) mass is 353 g/mol. The quantitative estimate of drug-likeness (QED) is 0.824. The molecule has 1 saturated heterocycles. The van der Waals surface area contributed by atoms with E-state index in [2.05, 4.69) is 18.9 Å². The smallest absolute Gasteiger partial charge is 0.292 e. The fourth-order valence-corrected chi connectivity index (χ4v) is 3.35. The molecule has 2 aromatic rings. The van der Waals surface area contributed by atoms with E-state index in [1.165, 1.54) is 12.3 Å². The first-order valence-corrected chi connectivity index (χ1v) is 8.14. The van der Waals surface area contributed by atoms with Gasteiger partial charge < -0.3 is 4.90 Å². The lowest BCUT2D eigenvalue weighted by molar-refractivity contribution is 0.293. The summed E-state index contributed by atoms with van der Waals surface area (Å²) in [5, 5.41) is 4.03. The third-order valence-corrected chi connectivity index (χ3v) is 4.63. The molecule has 0 bridgehead atoms. The van der Waals surface area contributed by atoms with Crippen LogP contribution in [0, 0.1) is 17.0 Å². The summed E-state index contributed by atoms with van der Waals surface area (Å²) in [4.78, 5) is 14.5. The highest BCUT2D eigenvalue weighted by Crippen LogP contribution is 2.33. The number of anilines is 1. The highest BCUT2D eigenvalue weighted by Gasteiger charge is 2.28. The lowest BCUT2D eigenvalue weighted by Crippen LogP contribution is -2.41. The fourth-order valence-electron chi connectivity index (χ4n) is 3.10. The first kappa shape index (κ1) is 16.9. The molecule has 1 fully saturated rings. The van der Waals surface area contributed by atoms with Crippen molar-refractivity contribution in [2.24, 2.45) is 5.41 Å². The van der Waals surface area contributed by atoms with E-state index < -0.39 is 17.2 Å². The summed E-state index contributed by atoms with van der Waals surface area (Å²) < 4.78 is 27.8. The van der Waals surface area contributed by atoms with Gasteiger partial charge in [-0.3, -0.25) is 4.79 Å². The van der Waals surface area contributed by atoms with Gasteiger partial charge in [0.15, 0.2) is 5.82 Å². The molecule has 0 amide bonds. The molecule has 0 atom stereocenters. The molecule has 0 radical (unpaired) electrons. The zero-order valence-electron chi connectivity index (χ0n) is 13.5. The first-order chi connectivity index (χ1) is 11.3. The van der Waals surface area contributed by atoms with Gasteiger partial charge in [0.1, 0.15) is 16.5 Å². The van der Waals surface area contributed by atoms with Crippen LogP contribution in [-0.4, -0.2) is 22.9 Å². The molecule has 2 heterocycles. The van der Waals surface area contributed by atoms with E-state index in [1.807, 2.05) is 4.90 Å². The Bertz CT molecular complexity index is 835. The first-order valence-electron chi connectivity index (χ1n) is 7.77. The predicted octanol–water partition coefficient (Wildman–Crippen LogP) is 3.79. The van der Waals surface area contributed by atoms with Crippen LogP contribution in [0.3, 0.4) is 0 Å². The number of halogens is 3. The molecular weight excluding hydrogens is 336 g/mol. The predicted molar refractivity (Wildman–Crippen MR) is 90.0 cm³/mol. The highest BCUT2D eigenvalue weighted by molar-refractivity contribution is 6.33. The Hall–Kier alpha value is -1.95. The molecule has 1 aromatic carbocycles. The average molecular weight is 354 g/mol. The van der Waals surface area contributed by atoms with Gasteiger partial charge in [0.2, 0.25) is 0 Å². The Balaban J connectivity index is 2.02. The number of hydrogen-bond acceptors (Lipinski definition) is 3. The Morgan fingerprint density at radius 3 is 2.67 bits per heavy atom. The minimum atomic E-state index is -0.868. The Morgan fingerprint density at radius 2 is 2.00 bits per heavy atom. The number of piperidine rings is 1. The molecule has 0 saturated carbocycles. The van der Waals surface area contributed by atoms with Crippen LogP contribution in [0.4, 0.5) is 14.5 Å². The number of hydrogen-bond donors (Lipinski definition) is 0. The van der Waals surface area contributed by atoms with Gasteiger partial charge in [0.05, 0.1) is 11.9 Å². The Morgan fingerprint density at radius 1 is 1.25 bits per heavy atom. The van der Waals surface area contributed by atoms with Crippen LogP contribution in [0.25, 0.3) is 5.69 Å². The second-order valence-electron chi connectivity index (χ2n) is 6.85. The van der Waals surface area contributed by atoms with Gasteiger partial charge in [-0.2, -0.15) is 9.78 Å². The van der Waals surface area contributed by atoms with Gasteiger partial charge in [-0.15, -0.1) is 0 Å². The van der Waals surface area contributed by atoms with E-state index in [1.54, 1.807) is 0 Å². The van der Waals surface area contributed by atoms with Crippen LogP contribution in [0.2, 0.25) is 5.02 Å². The molecule has 7 heteroatoms. The minimum absolute atomic E-state index is 0.00794. The summed E-state index contributed by atoms with van der Waals surface area (Å²) in [6, 6.07) is 2.94. The van der Waals surface area contributed by atoms with Crippen molar-refractivity contribution in [2.75, 3.05) is 18.0 Å². The molecule has 24 heavy (non-hydrogen) atoms. The van der Waals surface area contributed by atoms with Gasteiger partial charge in [0.25, 0.3) is 5.56 Å². The second-order valence-corrected chi connectivity index (χ2v) is 7.22. The van der Waals surface area contributed by atoms with Gasteiger partial charge in [-0.1, -0.05) is 25.4 Å². The summed E-state index contributed by atoms with van der Waals surface area (Å²) in [7, 11) is 0. The number of nitrogens with zero attached hydrogens (tertiary/aromatic N) is 3. The minimum Gasteiger partial charge on any atom is -0.368 e. The lowest BCUT2D eigenvalue weighted by atomic mass is 9.84. The second kappa shape index (κ2) is 6.16. The molecular formula is C17H18ClF2N3O. The third kappa shape index (κ3) is 3.15. The summed E-state index contributed by atoms with van der Waals surface area (Å²) in [5.74, 6) is -1.59. The maximum absolute atomic E-state index is 13.9. The third-order valence-electron chi connectivity index (χ3n) is 4.28. The van der Waals surface area contributed by atoms with E-state index in [9.17, 15) is 13.6 Å². The summed E-state index contributed by atoms with van der Waals surface area (Å²) in [5.41, 5.74) is -0.0791. The number of rotatable bonds is 2. The fraction of sp³-hybridized carbons (Fsp3) is 0.412. The van der Waals surface area contributed by atoms with Crippen molar-refractivity contribution in [3.05, 3.63) is 51.4 Å². The highest BCUT2D eigenvalue weighted by atomic mass is 35.5. The van der Waals surface area contributed by atoms with E-state index in [4.69, 9.17) is 11.6 Å². The molecule has 1 aliphatic rings. The summed E-state index contributed by atoms with van der Waals surface area (Å²) in [6.07, 6.45) is 3.57. The number of aromatic nitrogens is 2. The van der Waals surface area contributed by atoms with Crippen LogP contribution in [0.15, 0.2) is 29.2 Å². The molecule has 0 unspecified atom stereocenters. The van der Waals surface area contributed by atoms with Crippen molar-refractivity contribution in [1.82, 2.24) is 9.78 Å². The zero-order valence-corrected chi connectivity index (χ0v) is 14.3. The molecule has 0 N–H and O–H groups in total. The molecule has 3 rings (SSSR count).